The average molecular weight is 310 g/mol. The van der Waals surface area contributed by atoms with Gasteiger partial charge in [0.2, 0.25) is 0 Å². The first-order valence-corrected chi connectivity index (χ1v) is 8.18. The maximum atomic E-state index is 12.2. The number of carbonyl (C=O) groups excluding carboxylic acids is 1. The fraction of sp³-hybridized carbons (Fsp3) is 0.368. The van der Waals surface area contributed by atoms with Crippen molar-refractivity contribution in [3.63, 3.8) is 0 Å². The molecule has 1 N–H and O–H groups in total. The van der Waals surface area contributed by atoms with Gasteiger partial charge in [-0.15, -0.1) is 0 Å². The molecule has 1 aromatic carbocycles. The number of fused-ring (bicyclic) bond motifs is 1. The van der Waals surface area contributed by atoms with Gasteiger partial charge in [0.25, 0.3) is 5.91 Å². The predicted molar refractivity (Wildman–Crippen MR) is 89.3 cm³/mol. The lowest BCUT2D eigenvalue weighted by Crippen LogP contribution is -2.36. The zero-order valence-electron chi connectivity index (χ0n) is 13.4. The second kappa shape index (κ2) is 7.27. The SMILES string of the molecule is C[C@@H](Oc1cccc2c1CCCC2)C(=O)NCc1cccnc1. The fourth-order valence-corrected chi connectivity index (χ4v) is 2.94. The summed E-state index contributed by atoms with van der Waals surface area (Å²) < 4.78 is 5.94. The monoisotopic (exact) mass is 310 g/mol. The van der Waals surface area contributed by atoms with Crippen molar-refractivity contribution in [2.45, 2.75) is 45.3 Å². The Morgan fingerprint density at radius 3 is 2.96 bits per heavy atom. The van der Waals surface area contributed by atoms with Crippen LogP contribution in [0.25, 0.3) is 0 Å². The highest BCUT2D eigenvalue weighted by molar-refractivity contribution is 5.80. The van der Waals surface area contributed by atoms with Gasteiger partial charge in [-0.05, 0) is 61.4 Å². The number of amides is 1. The van der Waals surface area contributed by atoms with Crippen LogP contribution in [0.4, 0.5) is 0 Å². The number of nitrogens with one attached hydrogen (secondary N) is 1. The smallest absolute Gasteiger partial charge is 0.261 e. The number of hydrogen-bond acceptors (Lipinski definition) is 3. The third-order valence-corrected chi connectivity index (χ3v) is 4.22. The summed E-state index contributed by atoms with van der Waals surface area (Å²) in [6.45, 7) is 2.26. The Morgan fingerprint density at radius 1 is 1.26 bits per heavy atom. The standard InChI is InChI=1S/C19H22N2O2/c1-14(19(22)21-13-15-6-5-11-20-12-15)23-18-10-4-8-16-7-2-3-9-17(16)18/h4-6,8,10-12,14H,2-3,7,9,13H2,1H3,(H,21,22)/t14-/m1/s1. The molecule has 0 bridgehead atoms. The van der Waals surface area contributed by atoms with E-state index in [1.807, 2.05) is 24.3 Å². The molecule has 0 saturated carbocycles. The molecule has 1 amide bonds. The molecule has 0 unspecified atom stereocenters. The van der Waals surface area contributed by atoms with E-state index < -0.39 is 6.10 Å². The van der Waals surface area contributed by atoms with Crippen LogP contribution in [0.2, 0.25) is 0 Å². The highest BCUT2D eigenvalue weighted by Gasteiger charge is 2.19. The number of nitrogens with zero attached hydrogens (tertiary/aromatic N) is 1. The van der Waals surface area contributed by atoms with Crippen LogP contribution >= 0.6 is 0 Å². The number of rotatable bonds is 5. The summed E-state index contributed by atoms with van der Waals surface area (Å²) in [5.74, 6) is 0.744. The highest BCUT2D eigenvalue weighted by Crippen LogP contribution is 2.30. The molecule has 23 heavy (non-hydrogen) atoms. The van der Waals surface area contributed by atoms with E-state index in [1.165, 1.54) is 24.0 Å². The topological polar surface area (TPSA) is 51.2 Å². The lowest BCUT2D eigenvalue weighted by atomic mass is 9.91. The van der Waals surface area contributed by atoms with Crippen LogP contribution in [0.15, 0.2) is 42.7 Å². The van der Waals surface area contributed by atoms with Crippen molar-refractivity contribution in [1.29, 1.82) is 0 Å². The van der Waals surface area contributed by atoms with Crippen LogP contribution < -0.4 is 10.1 Å². The zero-order chi connectivity index (χ0) is 16.1. The van der Waals surface area contributed by atoms with E-state index in [9.17, 15) is 4.79 Å². The van der Waals surface area contributed by atoms with Gasteiger partial charge in [-0.2, -0.15) is 0 Å². The molecule has 1 atom stereocenters. The number of pyridine rings is 1. The summed E-state index contributed by atoms with van der Waals surface area (Å²) >= 11 is 0. The molecule has 4 nitrogen and oxygen atoms in total. The minimum absolute atomic E-state index is 0.109. The molecular formula is C19H22N2O2. The number of benzene rings is 1. The predicted octanol–water partition coefficient (Wildman–Crippen LogP) is 3.04. The van der Waals surface area contributed by atoms with Gasteiger partial charge in [0.1, 0.15) is 5.75 Å². The fourth-order valence-electron chi connectivity index (χ4n) is 2.94. The van der Waals surface area contributed by atoms with Gasteiger partial charge in [-0.1, -0.05) is 18.2 Å². The number of ether oxygens (including phenoxy) is 1. The zero-order valence-corrected chi connectivity index (χ0v) is 13.4. The van der Waals surface area contributed by atoms with Crippen molar-refractivity contribution in [1.82, 2.24) is 10.3 Å². The molecule has 4 heteroatoms. The van der Waals surface area contributed by atoms with Gasteiger partial charge in [0.15, 0.2) is 6.10 Å². The Labute approximate surface area is 136 Å². The first-order chi connectivity index (χ1) is 11.2. The molecule has 0 spiro atoms. The summed E-state index contributed by atoms with van der Waals surface area (Å²) in [7, 11) is 0. The molecule has 1 aliphatic rings. The number of carbonyl (C=O) groups is 1. The molecular weight excluding hydrogens is 288 g/mol. The maximum Gasteiger partial charge on any atom is 0.261 e. The van der Waals surface area contributed by atoms with Gasteiger partial charge in [-0.25, -0.2) is 0 Å². The number of aromatic nitrogens is 1. The van der Waals surface area contributed by atoms with Gasteiger partial charge in [0.05, 0.1) is 0 Å². The van der Waals surface area contributed by atoms with Gasteiger partial charge >= 0.3 is 0 Å². The average Bonchev–Trinajstić information content (AvgIpc) is 2.61. The molecule has 120 valence electrons. The minimum Gasteiger partial charge on any atom is -0.481 e. The minimum atomic E-state index is -0.514. The second-order valence-corrected chi connectivity index (χ2v) is 5.94. The molecule has 0 fully saturated rings. The Bertz CT molecular complexity index is 670. The van der Waals surface area contributed by atoms with E-state index in [2.05, 4.69) is 16.4 Å². The van der Waals surface area contributed by atoms with Crippen LogP contribution in [0.3, 0.4) is 0 Å². The van der Waals surface area contributed by atoms with Gasteiger partial charge in [-0.3, -0.25) is 9.78 Å². The van der Waals surface area contributed by atoms with Crippen molar-refractivity contribution in [2.75, 3.05) is 0 Å². The van der Waals surface area contributed by atoms with Crippen LogP contribution in [0.5, 0.6) is 5.75 Å². The molecule has 0 saturated heterocycles. The summed E-state index contributed by atoms with van der Waals surface area (Å²) in [4.78, 5) is 16.3. The largest absolute Gasteiger partial charge is 0.481 e. The van der Waals surface area contributed by atoms with Crippen LogP contribution in [-0.2, 0) is 24.2 Å². The molecule has 2 aromatic rings. The summed E-state index contributed by atoms with van der Waals surface area (Å²) in [6, 6.07) is 9.94. The first kappa shape index (κ1) is 15.5. The van der Waals surface area contributed by atoms with E-state index in [4.69, 9.17) is 4.74 Å². The van der Waals surface area contributed by atoms with Gasteiger partial charge < -0.3 is 10.1 Å². The van der Waals surface area contributed by atoms with Gasteiger partial charge in [0, 0.05) is 18.9 Å². The summed E-state index contributed by atoms with van der Waals surface area (Å²) in [6.07, 6.45) is 7.52. The lowest BCUT2D eigenvalue weighted by Gasteiger charge is -2.22. The molecule has 1 heterocycles. The lowest BCUT2D eigenvalue weighted by molar-refractivity contribution is -0.127. The third-order valence-electron chi connectivity index (χ3n) is 4.22. The molecule has 3 rings (SSSR count). The van der Waals surface area contributed by atoms with Crippen molar-refractivity contribution in [2.24, 2.45) is 0 Å². The van der Waals surface area contributed by atoms with Crippen molar-refractivity contribution in [3.8, 4) is 5.75 Å². The van der Waals surface area contributed by atoms with E-state index in [0.29, 0.717) is 6.54 Å². The normalized spacial score (nSPS) is 14.7. The van der Waals surface area contributed by atoms with Crippen LogP contribution in [-0.4, -0.2) is 17.0 Å². The molecule has 1 aromatic heterocycles. The summed E-state index contributed by atoms with van der Waals surface area (Å²) in [5.41, 5.74) is 3.60. The highest BCUT2D eigenvalue weighted by atomic mass is 16.5. The van der Waals surface area contributed by atoms with E-state index in [0.717, 1.165) is 24.2 Å². The number of hydrogen-bond donors (Lipinski definition) is 1. The van der Waals surface area contributed by atoms with Crippen molar-refractivity contribution < 1.29 is 9.53 Å². The van der Waals surface area contributed by atoms with Crippen molar-refractivity contribution in [3.05, 3.63) is 59.4 Å². The van der Waals surface area contributed by atoms with Crippen molar-refractivity contribution >= 4 is 5.91 Å². The number of aryl methyl sites for hydroxylation is 1. The Kier molecular flexibility index (Phi) is 4.91. The van der Waals surface area contributed by atoms with E-state index in [1.54, 1.807) is 19.3 Å². The van der Waals surface area contributed by atoms with Crippen LogP contribution in [0, 0.1) is 0 Å². The van der Waals surface area contributed by atoms with E-state index in [-0.39, 0.29) is 5.91 Å². The third kappa shape index (κ3) is 3.89. The Morgan fingerprint density at radius 2 is 2.13 bits per heavy atom. The second-order valence-electron chi connectivity index (χ2n) is 5.94. The van der Waals surface area contributed by atoms with E-state index >= 15 is 0 Å². The summed E-state index contributed by atoms with van der Waals surface area (Å²) in [5, 5.41) is 2.90. The Hall–Kier alpha value is -2.36. The molecule has 0 aliphatic heterocycles. The molecule has 0 radical (unpaired) electrons. The van der Waals surface area contributed by atoms with Crippen LogP contribution in [0.1, 0.15) is 36.5 Å². The quantitative estimate of drug-likeness (QED) is 0.923. The maximum absolute atomic E-state index is 12.2. The Balaban J connectivity index is 1.60. The first-order valence-electron chi connectivity index (χ1n) is 8.18. The molecule has 1 aliphatic carbocycles.